The lowest BCUT2D eigenvalue weighted by Crippen LogP contribution is -2.27. The lowest BCUT2D eigenvalue weighted by molar-refractivity contribution is 0.0950. The van der Waals surface area contributed by atoms with Crippen molar-refractivity contribution >= 4 is 21.6 Å². The van der Waals surface area contributed by atoms with Gasteiger partial charge in [0.1, 0.15) is 13.2 Å². The summed E-state index contributed by atoms with van der Waals surface area (Å²) in [5, 5.41) is 2.72. The summed E-state index contributed by atoms with van der Waals surface area (Å²) in [4.78, 5) is 27.3. The third-order valence-electron chi connectivity index (χ3n) is 5.14. The summed E-state index contributed by atoms with van der Waals surface area (Å²) in [5.74, 6) is 0.493. The maximum Gasteiger partial charge on any atom is 0.262 e. The Balaban J connectivity index is 1.43. The number of aryl methyl sites for hydroxylation is 2. The zero-order valence-electron chi connectivity index (χ0n) is 18.1. The van der Waals surface area contributed by atoms with Gasteiger partial charge in [-0.1, -0.05) is 0 Å². The third-order valence-corrected chi connectivity index (χ3v) is 6.52. The van der Waals surface area contributed by atoms with Gasteiger partial charge < -0.3 is 19.8 Å². The first-order valence-corrected chi connectivity index (χ1v) is 11.7. The number of rotatable bonds is 6. The molecule has 0 radical (unpaired) electrons. The fraction of sp³-hybridized carbons (Fsp3) is 0.217. The van der Waals surface area contributed by atoms with Crippen LogP contribution in [-0.2, 0) is 16.6 Å². The normalized spacial score (nSPS) is 12.8. The number of aromatic amines is 1. The molecule has 0 unspecified atom stereocenters. The second kappa shape index (κ2) is 8.99. The number of amides is 1. The molecule has 1 amide bonds. The summed E-state index contributed by atoms with van der Waals surface area (Å²) in [6, 6.07) is 12.2. The Morgan fingerprint density at radius 1 is 1.00 bits per heavy atom. The second-order valence-electron chi connectivity index (χ2n) is 7.61. The molecule has 33 heavy (non-hydrogen) atoms. The number of sulfonamides is 1. The van der Waals surface area contributed by atoms with E-state index in [-0.39, 0.29) is 22.9 Å². The smallest absolute Gasteiger partial charge is 0.262 e. The Kier molecular flexibility index (Phi) is 6.10. The maximum atomic E-state index is 12.7. The fourth-order valence-electron chi connectivity index (χ4n) is 3.47. The Hall–Kier alpha value is -3.79. The number of nitrogens with one attached hydrogen (secondary N) is 3. The van der Waals surface area contributed by atoms with Crippen LogP contribution in [0.4, 0.5) is 5.69 Å². The first-order valence-electron chi connectivity index (χ1n) is 10.2. The summed E-state index contributed by atoms with van der Waals surface area (Å²) in [7, 11) is -3.86. The quantitative estimate of drug-likeness (QED) is 0.509. The minimum absolute atomic E-state index is 0.0345. The number of fused-ring (bicyclic) bond motifs is 1. The second-order valence-corrected chi connectivity index (χ2v) is 9.30. The minimum atomic E-state index is -3.86. The van der Waals surface area contributed by atoms with Crippen LogP contribution in [0.3, 0.4) is 0 Å². The molecule has 10 heteroatoms. The molecule has 0 saturated heterocycles. The Morgan fingerprint density at radius 2 is 1.70 bits per heavy atom. The average molecular weight is 470 g/mol. The molecule has 0 atom stereocenters. The van der Waals surface area contributed by atoms with Crippen molar-refractivity contribution in [1.82, 2.24) is 10.3 Å². The predicted molar refractivity (Wildman–Crippen MR) is 122 cm³/mol. The number of hydrogen-bond acceptors (Lipinski definition) is 6. The van der Waals surface area contributed by atoms with Crippen molar-refractivity contribution in [2.75, 3.05) is 17.9 Å². The molecular weight excluding hydrogens is 446 g/mol. The number of hydrogen-bond donors (Lipinski definition) is 3. The highest BCUT2D eigenvalue weighted by Gasteiger charge is 2.20. The molecule has 3 aromatic rings. The van der Waals surface area contributed by atoms with Crippen LogP contribution in [0.1, 0.15) is 27.2 Å². The van der Waals surface area contributed by atoms with Crippen molar-refractivity contribution in [3.63, 3.8) is 0 Å². The molecule has 0 aliphatic carbocycles. The Labute approximate surface area is 190 Å². The zero-order valence-corrected chi connectivity index (χ0v) is 18.9. The molecule has 2 aromatic carbocycles. The van der Waals surface area contributed by atoms with Crippen LogP contribution in [0.15, 0.2) is 58.2 Å². The van der Waals surface area contributed by atoms with Gasteiger partial charge in [0.15, 0.2) is 11.5 Å². The van der Waals surface area contributed by atoms with Crippen LogP contribution >= 0.6 is 0 Å². The van der Waals surface area contributed by atoms with Gasteiger partial charge in [-0.2, -0.15) is 0 Å². The van der Waals surface area contributed by atoms with Crippen LogP contribution in [0, 0.1) is 13.8 Å². The number of carbonyl (C=O) groups is 1. The molecule has 172 valence electrons. The average Bonchev–Trinajstić information content (AvgIpc) is 2.78. The summed E-state index contributed by atoms with van der Waals surface area (Å²) < 4.78 is 38.8. The van der Waals surface area contributed by atoms with Gasteiger partial charge in [0.05, 0.1) is 4.90 Å². The topological polar surface area (TPSA) is 127 Å². The summed E-state index contributed by atoms with van der Waals surface area (Å²) in [6.45, 7) is 4.45. The molecule has 0 fully saturated rings. The van der Waals surface area contributed by atoms with Gasteiger partial charge in [0.2, 0.25) is 0 Å². The lowest BCUT2D eigenvalue weighted by Gasteiger charge is -2.19. The monoisotopic (exact) mass is 469 g/mol. The molecule has 0 spiro atoms. The molecule has 2 heterocycles. The minimum Gasteiger partial charge on any atom is -0.486 e. The van der Waals surface area contributed by atoms with Gasteiger partial charge in [0, 0.05) is 35.1 Å². The van der Waals surface area contributed by atoms with E-state index in [1.165, 1.54) is 36.4 Å². The molecule has 3 N–H and O–H groups in total. The third kappa shape index (κ3) is 5.01. The highest BCUT2D eigenvalue weighted by atomic mass is 32.2. The van der Waals surface area contributed by atoms with Crippen LogP contribution in [0.2, 0.25) is 0 Å². The van der Waals surface area contributed by atoms with Gasteiger partial charge in [-0.3, -0.25) is 14.3 Å². The van der Waals surface area contributed by atoms with Crippen molar-refractivity contribution in [3.05, 3.63) is 81.3 Å². The predicted octanol–water partition coefficient (Wildman–Crippen LogP) is 2.49. The SMILES string of the molecule is Cc1cc(C)c(CNC(=O)c2ccc(NS(=O)(=O)c3ccc4c(c3)OCCO4)cc2)c(=O)[nH]1. The first-order chi connectivity index (χ1) is 15.7. The molecule has 1 aromatic heterocycles. The van der Waals surface area contributed by atoms with Crippen LogP contribution < -0.4 is 25.1 Å². The van der Waals surface area contributed by atoms with E-state index in [2.05, 4.69) is 15.0 Å². The number of ether oxygens (including phenoxy) is 2. The van der Waals surface area contributed by atoms with Gasteiger partial charge in [-0.25, -0.2) is 8.42 Å². The molecule has 1 aliphatic heterocycles. The summed E-state index contributed by atoms with van der Waals surface area (Å²) >= 11 is 0. The number of aromatic nitrogens is 1. The molecular formula is C23H23N3O6S. The largest absolute Gasteiger partial charge is 0.486 e. The number of pyridine rings is 1. The highest BCUT2D eigenvalue weighted by molar-refractivity contribution is 7.92. The maximum absolute atomic E-state index is 12.7. The molecule has 4 rings (SSSR count). The van der Waals surface area contributed by atoms with E-state index in [0.717, 1.165) is 11.3 Å². The van der Waals surface area contributed by atoms with E-state index < -0.39 is 10.0 Å². The molecule has 0 saturated carbocycles. The van der Waals surface area contributed by atoms with Crippen LogP contribution in [0.5, 0.6) is 11.5 Å². The van der Waals surface area contributed by atoms with Crippen LogP contribution in [0.25, 0.3) is 0 Å². The van der Waals surface area contributed by atoms with E-state index in [1.807, 2.05) is 13.0 Å². The van der Waals surface area contributed by atoms with Gasteiger partial charge in [-0.15, -0.1) is 0 Å². The summed E-state index contributed by atoms with van der Waals surface area (Å²) in [5.41, 5.74) is 2.42. The Morgan fingerprint density at radius 3 is 2.39 bits per heavy atom. The Bertz CT molecular complexity index is 1360. The molecule has 1 aliphatic rings. The van der Waals surface area contributed by atoms with Gasteiger partial charge in [-0.05, 0) is 61.9 Å². The van der Waals surface area contributed by atoms with E-state index in [4.69, 9.17) is 9.47 Å². The highest BCUT2D eigenvalue weighted by Crippen LogP contribution is 2.32. The van der Waals surface area contributed by atoms with Crippen molar-refractivity contribution in [2.24, 2.45) is 0 Å². The molecule has 0 bridgehead atoms. The van der Waals surface area contributed by atoms with E-state index in [9.17, 15) is 18.0 Å². The number of benzene rings is 2. The number of anilines is 1. The van der Waals surface area contributed by atoms with E-state index >= 15 is 0 Å². The standard InChI is InChI=1S/C23H23N3O6S/c1-14-11-15(2)25-23(28)19(14)13-24-22(27)16-3-5-17(6-4-16)26-33(29,30)18-7-8-20-21(12-18)32-10-9-31-20/h3-8,11-12,26H,9-10,13H2,1-2H3,(H,24,27)(H,25,28). The fourth-order valence-corrected chi connectivity index (χ4v) is 4.54. The van der Waals surface area contributed by atoms with Crippen molar-refractivity contribution in [3.8, 4) is 11.5 Å². The number of carbonyl (C=O) groups excluding carboxylic acids is 1. The molecule has 9 nitrogen and oxygen atoms in total. The van der Waals surface area contributed by atoms with Gasteiger partial charge in [0.25, 0.3) is 21.5 Å². The summed E-state index contributed by atoms with van der Waals surface area (Å²) in [6.07, 6.45) is 0. The van der Waals surface area contributed by atoms with Crippen molar-refractivity contribution < 1.29 is 22.7 Å². The van der Waals surface area contributed by atoms with E-state index in [0.29, 0.717) is 41.5 Å². The van der Waals surface area contributed by atoms with Gasteiger partial charge >= 0.3 is 0 Å². The van der Waals surface area contributed by atoms with E-state index in [1.54, 1.807) is 13.0 Å². The zero-order chi connectivity index (χ0) is 23.6. The van der Waals surface area contributed by atoms with Crippen molar-refractivity contribution in [2.45, 2.75) is 25.3 Å². The van der Waals surface area contributed by atoms with Crippen LogP contribution in [-0.4, -0.2) is 32.5 Å². The lowest BCUT2D eigenvalue weighted by atomic mass is 10.1. The number of H-pyrrole nitrogens is 1. The first kappa shape index (κ1) is 22.4. The van der Waals surface area contributed by atoms with Crippen molar-refractivity contribution in [1.29, 1.82) is 0 Å².